The Bertz CT molecular complexity index is 535. The molecule has 0 radical (unpaired) electrons. The quantitative estimate of drug-likeness (QED) is 0.845. The predicted octanol–water partition coefficient (Wildman–Crippen LogP) is 4.04. The lowest BCUT2D eigenvalue weighted by molar-refractivity contribution is -0.115. The van der Waals surface area contributed by atoms with Crippen molar-refractivity contribution < 1.29 is 9.53 Å². The van der Waals surface area contributed by atoms with E-state index in [-0.39, 0.29) is 17.4 Å². The van der Waals surface area contributed by atoms with Gasteiger partial charge >= 0.3 is 0 Å². The van der Waals surface area contributed by atoms with Gasteiger partial charge in [-0.3, -0.25) is 4.79 Å². The van der Waals surface area contributed by atoms with Gasteiger partial charge in [-0.15, -0.1) is 0 Å². The summed E-state index contributed by atoms with van der Waals surface area (Å²) < 4.78 is 3.51. The van der Waals surface area contributed by atoms with Crippen LogP contribution in [0.25, 0.3) is 0 Å². The first-order valence-corrected chi connectivity index (χ1v) is 7.00. The van der Waals surface area contributed by atoms with Crippen molar-refractivity contribution in [3.05, 3.63) is 23.8 Å². The molecule has 1 N–H and O–H groups in total. The van der Waals surface area contributed by atoms with Gasteiger partial charge in [0.1, 0.15) is 11.8 Å². The number of carbonyl (C=O) groups excluding carboxylic acids is 1. The Labute approximate surface area is 132 Å². The molecule has 1 unspecified atom stereocenters. The summed E-state index contributed by atoms with van der Waals surface area (Å²) in [5.41, 5.74) is 0.494. The number of hydrogen-bond donors (Lipinski definition) is 1. The molecule has 1 aromatic rings. The van der Waals surface area contributed by atoms with E-state index in [1.54, 1.807) is 6.07 Å². The summed E-state index contributed by atoms with van der Waals surface area (Å²) >= 11 is 16.4. The fraction of sp³-hybridized carbons (Fsp3) is 0.385. The summed E-state index contributed by atoms with van der Waals surface area (Å²) in [6.45, 7) is 3.91. The average molecular weight is 336 g/mol. The molecule has 108 valence electrons. The van der Waals surface area contributed by atoms with Crippen molar-refractivity contribution in [2.75, 3.05) is 5.32 Å². The van der Waals surface area contributed by atoms with Crippen LogP contribution in [0.15, 0.2) is 18.2 Å². The van der Waals surface area contributed by atoms with Gasteiger partial charge in [-0.1, -0.05) is 41.7 Å². The Morgan fingerprint density at radius 3 is 2.65 bits per heavy atom. The Morgan fingerprint density at radius 2 is 2.15 bits per heavy atom. The van der Waals surface area contributed by atoms with E-state index in [1.165, 1.54) is 12.1 Å². The molecule has 0 saturated heterocycles. The summed E-state index contributed by atoms with van der Waals surface area (Å²) in [5.74, 6) is -0.280. The summed E-state index contributed by atoms with van der Waals surface area (Å²) in [5, 5.41) is 11.5. The van der Waals surface area contributed by atoms with Crippen LogP contribution in [0, 0.1) is 11.3 Å². The van der Waals surface area contributed by atoms with E-state index >= 15 is 0 Å². The first-order valence-electron chi connectivity index (χ1n) is 5.87. The van der Waals surface area contributed by atoms with Crippen molar-refractivity contribution >= 4 is 46.4 Å². The van der Waals surface area contributed by atoms with E-state index in [4.69, 9.17) is 44.8 Å². The molecule has 1 aromatic carbocycles. The highest BCUT2D eigenvalue weighted by Crippen LogP contribution is 2.29. The predicted molar refractivity (Wildman–Crippen MR) is 80.5 cm³/mol. The zero-order chi connectivity index (χ0) is 15.3. The zero-order valence-corrected chi connectivity index (χ0v) is 13.2. The summed E-state index contributed by atoms with van der Waals surface area (Å²) in [4.78, 5) is 11.6. The Kier molecular flexibility index (Phi) is 5.94. The topological polar surface area (TPSA) is 62.1 Å². The molecular weight excluding hydrogens is 323 g/mol. The number of benzene rings is 1. The lowest BCUT2D eigenvalue weighted by atomic mass is 10.2. The molecule has 1 atom stereocenters. The molecule has 0 aliphatic heterocycles. The maximum absolute atomic E-state index is 11.6. The van der Waals surface area contributed by atoms with Crippen molar-refractivity contribution in [3.8, 4) is 11.8 Å². The first-order chi connectivity index (χ1) is 9.27. The fourth-order valence-electron chi connectivity index (χ4n) is 1.31. The molecule has 0 spiro atoms. The van der Waals surface area contributed by atoms with Gasteiger partial charge in [-0.2, -0.15) is 5.26 Å². The largest absolute Gasteiger partial charge is 0.491 e. The number of ether oxygens (including phenoxy) is 1. The minimum absolute atomic E-state index is 0.0307. The number of anilines is 1. The highest BCUT2D eigenvalue weighted by Gasteiger charge is 2.31. The maximum atomic E-state index is 11.6. The third-order valence-electron chi connectivity index (χ3n) is 2.53. The van der Waals surface area contributed by atoms with Gasteiger partial charge in [0.05, 0.1) is 17.4 Å². The molecule has 0 aliphatic rings. The van der Waals surface area contributed by atoms with E-state index in [0.717, 1.165) is 6.42 Å². The Balaban J connectivity index is 2.95. The minimum Gasteiger partial charge on any atom is -0.491 e. The third-order valence-corrected chi connectivity index (χ3v) is 3.04. The molecular formula is C13H13Cl3N2O2. The fourth-order valence-corrected chi connectivity index (χ4v) is 1.45. The second-order valence-electron chi connectivity index (χ2n) is 4.11. The molecule has 0 saturated carbocycles. The van der Waals surface area contributed by atoms with Gasteiger partial charge in [0.25, 0.3) is 9.70 Å². The van der Waals surface area contributed by atoms with Crippen LogP contribution >= 0.6 is 34.8 Å². The number of nitrogens with zero attached hydrogens (tertiary/aromatic N) is 1. The van der Waals surface area contributed by atoms with Gasteiger partial charge in [0.2, 0.25) is 0 Å². The zero-order valence-electron chi connectivity index (χ0n) is 10.9. The van der Waals surface area contributed by atoms with Crippen molar-refractivity contribution in [1.29, 1.82) is 5.26 Å². The number of nitriles is 1. The molecule has 20 heavy (non-hydrogen) atoms. The number of rotatable bonds is 4. The number of amides is 1. The lowest BCUT2D eigenvalue weighted by Gasteiger charge is -2.15. The molecule has 0 heterocycles. The number of alkyl halides is 3. The Hall–Kier alpha value is -1.15. The number of nitrogens with one attached hydrogen (secondary N) is 1. The smallest absolute Gasteiger partial charge is 0.276 e. The summed E-state index contributed by atoms with van der Waals surface area (Å²) in [6.07, 6.45) is 0.872. The van der Waals surface area contributed by atoms with Crippen molar-refractivity contribution in [2.45, 2.75) is 30.2 Å². The molecule has 0 aliphatic carbocycles. The summed E-state index contributed by atoms with van der Waals surface area (Å²) in [7, 11) is 0. The molecule has 0 fully saturated rings. The standard InChI is InChI=1S/C13H13Cl3N2O2/c1-3-8(2)20-10-4-5-11(9(6-10)7-17)18-12(19)13(14,15)16/h4-6,8H,3H2,1-2H3,(H,18,19). The SMILES string of the molecule is CCC(C)Oc1ccc(NC(=O)C(Cl)(Cl)Cl)c(C#N)c1. The third kappa shape index (κ3) is 4.75. The first kappa shape index (κ1) is 16.9. The van der Waals surface area contributed by atoms with Crippen LogP contribution in [0.3, 0.4) is 0 Å². The van der Waals surface area contributed by atoms with Gasteiger partial charge in [-0.05, 0) is 25.5 Å². The van der Waals surface area contributed by atoms with E-state index < -0.39 is 9.70 Å². The van der Waals surface area contributed by atoms with Crippen LogP contribution in [0.4, 0.5) is 5.69 Å². The van der Waals surface area contributed by atoms with Gasteiger partial charge in [-0.25, -0.2) is 0 Å². The molecule has 4 nitrogen and oxygen atoms in total. The molecule has 7 heteroatoms. The average Bonchev–Trinajstić information content (AvgIpc) is 2.39. The summed E-state index contributed by atoms with van der Waals surface area (Å²) in [6, 6.07) is 6.66. The lowest BCUT2D eigenvalue weighted by Crippen LogP contribution is -2.27. The van der Waals surface area contributed by atoms with E-state index in [9.17, 15) is 4.79 Å². The minimum atomic E-state index is -2.08. The van der Waals surface area contributed by atoms with Crippen LogP contribution in [-0.2, 0) is 4.79 Å². The second-order valence-corrected chi connectivity index (χ2v) is 6.39. The number of halogens is 3. The van der Waals surface area contributed by atoms with E-state index in [2.05, 4.69) is 5.32 Å². The van der Waals surface area contributed by atoms with Gasteiger partial charge < -0.3 is 10.1 Å². The van der Waals surface area contributed by atoms with E-state index in [0.29, 0.717) is 5.75 Å². The normalized spacial score (nSPS) is 12.4. The second kappa shape index (κ2) is 7.03. The molecule has 1 rings (SSSR count). The number of hydrogen-bond acceptors (Lipinski definition) is 3. The van der Waals surface area contributed by atoms with Crippen LogP contribution in [-0.4, -0.2) is 15.8 Å². The van der Waals surface area contributed by atoms with Crippen LogP contribution < -0.4 is 10.1 Å². The van der Waals surface area contributed by atoms with Gasteiger partial charge in [0, 0.05) is 6.07 Å². The van der Waals surface area contributed by atoms with E-state index in [1.807, 2.05) is 19.9 Å². The molecule has 1 amide bonds. The monoisotopic (exact) mass is 334 g/mol. The molecule has 0 bridgehead atoms. The number of carbonyl (C=O) groups is 1. The van der Waals surface area contributed by atoms with Crippen molar-refractivity contribution in [2.24, 2.45) is 0 Å². The van der Waals surface area contributed by atoms with Crippen LogP contribution in [0.5, 0.6) is 5.75 Å². The molecule has 0 aromatic heterocycles. The maximum Gasteiger partial charge on any atom is 0.276 e. The van der Waals surface area contributed by atoms with Crippen LogP contribution in [0.1, 0.15) is 25.8 Å². The highest BCUT2D eigenvalue weighted by molar-refractivity contribution is 6.76. The Morgan fingerprint density at radius 1 is 1.50 bits per heavy atom. The van der Waals surface area contributed by atoms with Crippen LogP contribution in [0.2, 0.25) is 0 Å². The highest BCUT2D eigenvalue weighted by atomic mass is 35.6. The van der Waals surface area contributed by atoms with Crippen molar-refractivity contribution in [1.82, 2.24) is 0 Å². The van der Waals surface area contributed by atoms with Crippen molar-refractivity contribution in [3.63, 3.8) is 0 Å². The van der Waals surface area contributed by atoms with Gasteiger partial charge in [0.15, 0.2) is 0 Å².